The van der Waals surface area contributed by atoms with E-state index < -0.39 is 21.7 Å². The Morgan fingerprint density at radius 2 is 1.57 bits per heavy atom. The second-order valence-corrected chi connectivity index (χ2v) is 8.26. The molecule has 4 aromatic rings. The first kappa shape index (κ1) is 19.9. The Labute approximate surface area is 171 Å². The highest BCUT2D eigenvalue weighted by atomic mass is 32.2. The van der Waals surface area contributed by atoms with Gasteiger partial charge >= 0.3 is 0 Å². The van der Waals surface area contributed by atoms with Gasteiger partial charge in [-0.25, -0.2) is 22.3 Å². The van der Waals surface area contributed by atoms with E-state index in [0.717, 1.165) is 11.6 Å². The minimum absolute atomic E-state index is 0.0707. The first-order valence-corrected chi connectivity index (χ1v) is 10.4. The molecule has 0 amide bonds. The SMILES string of the molecule is Cc1[nH]nc(-c2ccncc2)c1-c1cc(F)c(-c2cccc(S(N)(=O)=O)c2)c(F)c1. The molecule has 0 fully saturated rings. The molecule has 0 saturated heterocycles. The molecule has 0 unspecified atom stereocenters. The Morgan fingerprint density at radius 3 is 2.20 bits per heavy atom. The number of benzene rings is 2. The molecule has 0 aliphatic heterocycles. The van der Waals surface area contributed by atoms with Crippen LogP contribution in [-0.4, -0.2) is 23.6 Å². The van der Waals surface area contributed by atoms with Crippen LogP contribution < -0.4 is 5.14 Å². The van der Waals surface area contributed by atoms with Crippen LogP contribution in [0.4, 0.5) is 8.78 Å². The fraction of sp³-hybridized carbons (Fsp3) is 0.0476. The highest BCUT2D eigenvalue weighted by Crippen LogP contribution is 2.36. The maximum Gasteiger partial charge on any atom is 0.238 e. The lowest BCUT2D eigenvalue weighted by atomic mass is 9.96. The third kappa shape index (κ3) is 3.60. The van der Waals surface area contributed by atoms with Crippen LogP contribution in [0.25, 0.3) is 33.5 Å². The number of nitrogens with one attached hydrogen (secondary N) is 1. The van der Waals surface area contributed by atoms with Gasteiger partial charge < -0.3 is 0 Å². The number of hydrogen-bond donors (Lipinski definition) is 2. The van der Waals surface area contributed by atoms with Gasteiger partial charge in [0.1, 0.15) is 17.3 Å². The van der Waals surface area contributed by atoms with E-state index in [2.05, 4.69) is 15.2 Å². The number of sulfonamides is 1. The van der Waals surface area contributed by atoms with Crippen LogP contribution in [0.1, 0.15) is 5.69 Å². The molecular weight excluding hydrogens is 410 g/mol. The number of H-pyrrole nitrogens is 1. The second kappa shape index (κ2) is 7.43. The van der Waals surface area contributed by atoms with Crippen LogP contribution in [0.3, 0.4) is 0 Å². The average molecular weight is 426 g/mol. The van der Waals surface area contributed by atoms with E-state index in [9.17, 15) is 8.42 Å². The van der Waals surface area contributed by atoms with Crippen molar-refractivity contribution < 1.29 is 17.2 Å². The largest absolute Gasteiger partial charge is 0.282 e. The lowest BCUT2D eigenvalue weighted by Crippen LogP contribution is -2.12. The fourth-order valence-electron chi connectivity index (χ4n) is 3.32. The molecule has 152 valence electrons. The van der Waals surface area contributed by atoms with Gasteiger partial charge in [0.15, 0.2) is 0 Å². The van der Waals surface area contributed by atoms with Crippen LogP contribution >= 0.6 is 0 Å². The van der Waals surface area contributed by atoms with Crippen molar-refractivity contribution in [2.45, 2.75) is 11.8 Å². The van der Waals surface area contributed by atoms with E-state index in [0.29, 0.717) is 22.5 Å². The first-order chi connectivity index (χ1) is 14.3. The third-order valence-corrected chi connectivity index (χ3v) is 5.59. The van der Waals surface area contributed by atoms with Gasteiger partial charge in [0.25, 0.3) is 0 Å². The zero-order chi connectivity index (χ0) is 21.5. The van der Waals surface area contributed by atoms with Gasteiger partial charge in [-0.15, -0.1) is 0 Å². The van der Waals surface area contributed by atoms with Crippen LogP contribution in [0.5, 0.6) is 0 Å². The van der Waals surface area contributed by atoms with E-state index in [4.69, 9.17) is 5.14 Å². The van der Waals surface area contributed by atoms with Crippen molar-refractivity contribution in [3.8, 4) is 33.5 Å². The van der Waals surface area contributed by atoms with Gasteiger partial charge in [-0.2, -0.15) is 5.10 Å². The van der Waals surface area contributed by atoms with Gasteiger partial charge in [-0.1, -0.05) is 12.1 Å². The van der Waals surface area contributed by atoms with Crippen molar-refractivity contribution in [3.63, 3.8) is 0 Å². The molecule has 0 spiro atoms. The summed E-state index contributed by atoms with van der Waals surface area (Å²) < 4.78 is 53.2. The number of aromatic amines is 1. The Kier molecular flexibility index (Phi) is 4.92. The second-order valence-electron chi connectivity index (χ2n) is 6.70. The minimum atomic E-state index is -4.01. The highest BCUT2D eigenvalue weighted by molar-refractivity contribution is 7.89. The molecule has 4 rings (SSSR count). The number of primary sulfonamides is 1. The summed E-state index contributed by atoms with van der Waals surface area (Å²) in [4.78, 5) is 3.74. The number of halogens is 2. The summed E-state index contributed by atoms with van der Waals surface area (Å²) in [6.45, 7) is 1.76. The molecule has 0 bridgehead atoms. The summed E-state index contributed by atoms with van der Waals surface area (Å²) in [6, 6.07) is 11.1. The van der Waals surface area contributed by atoms with E-state index in [1.807, 2.05) is 0 Å². The molecule has 3 N–H and O–H groups in total. The van der Waals surface area contributed by atoms with Crippen LogP contribution in [0, 0.1) is 18.6 Å². The maximum atomic E-state index is 15.0. The van der Waals surface area contributed by atoms with Crippen molar-refractivity contribution >= 4 is 10.0 Å². The molecule has 0 aliphatic rings. The molecule has 9 heteroatoms. The predicted molar refractivity (Wildman–Crippen MR) is 109 cm³/mol. The summed E-state index contributed by atoms with van der Waals surface area (Å²) in [7, 11) is -4.01. The molecule has 2 aromatic carbocycles. The number of nitrogens with zero attached hydrogens (tertiary/aromatic N) is 2. The standard InChI is InChI=1S/C21H16F2N4O2S/c1-12-19(21(27-26-12)13-5-7-25-8-6-13)15-10-17(22)20(18(23)11-15)14-3-2-4-16(9-14)30(24,28)29/h2-11H,1H3,(H,26,27)(H2,24,28,29). The Bertz CT molecular complexity index is 1330. The lowest BCUT2D eigenvalue weighted by molar-refractivity contribution is 0.589. The van der Waals surface area contributed by atoms with Gasteiger partial charge in [-0.3, -0.25) is 10.1 Å². The fourth-order valence-corrected chi connectivity index (χ4v) is 3.88. The minimum Gasteiger partial charge on any atom is -0.282 e. The van der Waals surface area contributed by atoms with Gasteiger partial charge in [-0.05, 0) is 54.4 Å². The molecule has 2 heterocycles. The van der Waals surface area contributed by atoms with Crippen LogP contribution in [0.2, 0.25) is 0 Å². The zero-order valence-corrected chi connectivity index (χ0v) is 16.5. The quantitative estimate of drug-likeness (QED) is 0.514. The lowest BCUT2D eigenvalue weighted by Gasteiger charge is -2.11. The van der Waals surface area contributed by atoms with Crippen molar-refractivity contribution in [3.05, 3.63) is 78.3 Å². The van der Waals surface area contributed by atoms with Crippen LogP contribution in [0.15, 0.2) is 65.8 Å². The summed E-state index contributed by atoms with van der Waals surface area (Å²) in [5, 5.41) is 12.2. The number of hydrogen-bond acceptors (Lipinski definition) is 4. The molecular formula is C21H16F2N4O2S. The van der Waals surface area contributed by atoms with Gasteiger partial charge in [0, 0.05) is 29.2 Å². The van der Waals surface area contributed by atoms with Crippen molar-refractivity contribution in [2.75, 3.05) is 0 Å². The van der Waals surface area contributed by atoms with E-state index in [1.54, 1.807) is 31.5 Å². The summed E-state index contributed by atoms with van der Waals surface area (Å²) >= 11 is 0. The van der Waals surface area contributed by atoms with Gasteiger partial charge in [0.2, 0.25) is 10.0 Å². The molecule has 30 heavy (non-hydrogen) atoms. The van der Waals surface area contributed by atoms with Crippen LogP contribution in [-0.2, 0) is 10.0 Å². The van der Waals surface area contributed by atoms with Crippen molar-refractivity contribution in [1.29, 1.82) is 0 Å². The monoisotopic (exact) mass is 426 g/mol. The van der Waals surface area contributed by atoms with E-state index >= 15 is 8.78 Å². The molecule has 6 nitrogen and oxygen atoms in total. The summed E-state index contributed by atoms with van der Waals surface area (Å²) in [6.07, 6.45) is 3.21. The number of pyridine rings is 1. The number of nitrogens with two attached hydrogens (primary N) is 1. The number of aryl methyl sites for hydroxylation is 1. The smallest absolute Gasteiger partial charge is 0.238 e. The molecule has 0 radical (unpaired) electrons. The summed E-state index contributed by atoms with van der Waals surface area (Å²) in [5.74, 6) is -1.67. The molecule has 0 saturated carbocycles. The normalized spacial score (nSPS) is 11.6. The average Bonchev–Trinajstić information content (AvgIpc) is 3.09. The molecule has 2 aromatic heterocycles. The number of rotatable bonds is 4. The first-order valence-electron chi connectivity index (χ1n) is 8.83. The Morgan fingerprint density at radius 1 is 0.900 bits per heavy atom. The zero-order valence-electron chi connectivity index (χ0n) is 15.7. The maximum absolute atomic E-state index is 15.0. The molecule has 0 atom stereocenters. The van der Waals surface area contributed by atoms with Crippen molar-refractivity contribution in [2.24, 2.45) is 5.14 Å². The predicted octanol–water partition coefficient (Wildman–Crippen LogP) is 4.04. The Balaban J connectivity index is 1.86. The molecule has 0 aliphatic carbocycles. The summed E-state index contributed by atoms with van der Waals surface area (Å²) in [5.41, 5.74) is 2.52. The number of aromatic nitrogens is 3. The van der Waals surface area contributed by atoms with E-state index in [-0.39, 0.29) is 16.0 Å². The highest BCUT2D eigenvalue weighted by Gasteiger charge is 2.20. The Hall–Kier alpha value is -3.43. The van der Waals surface area contributed by atoms with E-state index in [1.165, 1.54) is 30.3 Å². The van der Waals surface area contributed by atoms with Crippen molar-refractivity contribution in [1.82, 2.24) is 15.2 Å². The topological polar surface area (TPSA) is 102 Å². The van der Waals surface area contributed by atoms with Gasteiger partial charge in [0.05, 0.1) is 10.5 Å². The third-order valence-electron chi connectivity index (χ3n) is 4.68.